The molecule has 0 unspecified atom stereocenters. The van der Waals surface area contributed by atoms with Crippen LogP contribution in [-0.4, -0.2) is 24.2 Å². The molecule has 0 bridgehead atoms. The van der Waals surface area contributed by atoms with E-state index in [4.69, 9.17) is 21.1 Å². The van der Waals surface area contributed by atoms with Gasteiger partial charge in [0, 0.05) is 5.56 Å². The number of alkyl halides is 3. The maximum atomic E-state index is 13.4. The molecule has 1 aliphatic rings. The molecule has 0 N–H and O–H groups in total. The van der Waals surface area contributed by atoms with Gasteiger partial charge in [0.15, 0.2) is 5.69 Å². The minimum absolute atomic E-state index is 0.00627. The van der Waals surface area contributed by atoms with E-state index in [1.807, 2.05) is 6.92 Å². The molecule has 2 aromatic rings. The Morgan fingerprint density at radius 1 is 1.12 bits per heavy atom. The number of rotatable bonds is 8. The fourth-order valence-electron chi connectivity index (χ4n) is 3.67. The summed E-state index contributed by atoms with van der Waals surface area (Å²) in [5, 5.41) is 0.162. The summed E-state index contributed by atoms with van der Waals surface area (Å²) in [5.41, 5.74) is 1.71. The summed E-state index contributed by atoms with van der Waals surface area (Å²) in [6.07, 6.45) is -0.792. The number of hydrogen-bond donors (Lipinski definition) is 0. The Labute approximate surface area is 190 Å². The van der Waals surface area contributed by atoms with E-state index < -0.39 is 17.7 Å². The molecule has 32 heavy (non-hydrogen) atoms. The lowest BCUT2D eigenvalue weighted by Crippen LogP contribution is -2.09. The lowest BCUT2D eigenvalue weighted by molar-refractivity contribution is -0.137. The monoisotopic (exact) mass is 467 g/mol. The third-order valence-corrected chi connectivity index (χ3v) is 5.53. The van der Waals surface area contributed by atoms with Crippen LogP contribution in [0.5, 0.6) is 5.75 Å². The number of aromatic nitrogens is 1. The van der Waals surface area contributed by atoms with E-state index in [0.717, 1.165) is 42.5 Å². The van der Waals surface area contributed by atoms with Crippen molar-refractivity contribution < 1.29 is 27.4 Å². The van der Waals surface area contributed by atoms with Gasteiger partial charge in [0.05, 0.1) is 29.5 Å². The summed E-state index contributed by atoms with van der Waals surface area (Å²) in [5.74, 6) is -0.220. The van der Waals surface area contributed by atoms with Gasteiger partial charge in [-0.25, -0.2) is 9.78 Å². The molecule has 0 saturated heterocycles. The molecule has 0 saturated carbocycles. The third-order valence-electron chi connectivity index (χ3n) is 5.23. The van der Waals surface area contributed by atoms with Crippen LogP contribution in [0.25, 0.3) is 11.1 Å². The molecular weight excluding hydrogens is 443 g/mol. The molecule has 172 valence electrons. The maximum Gasteiger partial charge on any atom is 0.416 e. The fraction of sp³-hybridized carbons (Fsp3) is 0.417. The molecule has 1 aliphatic carbocycles. The van der Waals surface area contributed by atoms with Gasteiger partial charge in [-0.05, 0) is 74.1 Å². The second-order valence-corrected chi connectivity index (χ2v) is 7.88. The highest BCUT2D eigenvalue weighted by Crippen LogP contribution is 2.44. The topological polar surface area (TPSA) is 48.4 Å². The highest BCUT2D eigenvalue weighted by molar-refractivity contribution is 6.33. The average molecular weight is 468 g/mol. The van der Waals surface area contributed by atoms with E-state index in [2.05, 4.69) is 4.98 Å². The van der Waals surface area contributed by atoms with Crippen molar-refractivity contribution in [3.8, 4) is 5.75 Å². The van der Waals surface area contributed by atoms with Crippen LogP contribution in [-0.2, 0) is 10.9 Å². The molecule has 3 rings (SSSR count). The summed E-state index contributed by atoms with van der Waals surface area (Å²) >= 11 is 6.13. The van der Waals surface area contributed by atoms with Crippen molar-refractivity contribution in [1.82, 2.24) is 4.98 Å². The Morgan fingerprint density at radius 2 is 1.88 bits per heavy atom. The zero-order chi connectivity index (χ0) is 23.3. The molecule has 0 aliphatic heterocycles. The Balaban J connectivity index is 2.11. The van der Waals surface area contributed by atoms with Gasteiger partial charge in [-0.1, -0.05) is 24.9 Å². The molecule has 1 aromatic heterocycles. The number of benzene rings is 1. The number of unbranched alkanes of at least 4 members (excludes halogenated alkanes) is 1. The summed E-state index contributed by atoms with van der Waals surface area (Å²) in [4.78, 5) is 16.6. The number of carbonyl (C=O) groups excluding carboxylic acids is 1. The Bertz CT molecular complexity index is 1020. The smallest absolute Gasteiger partial charge is 0.416 e. The van der Waals surface area contributed by atoms with Gasteiger partial charge < -0.3 is 9.47 Å². The van der Waals surface area contributed by atoms with Crippen molar-refractivity contribution in [3.63, 3.8) is 0 Å². The van der Waals surface area contributed by atoms with E-state index >= 15 is 0 Å². The third kappa shape index (κ3) is 5.44. The van der Waals surface area contributed by atoms with Gasteiger partial charge in [0.25, 0.3) is 0 Å². The second-order valence-electron chi connectivity index (χ2n) is 7.47. The Kier molecular flexibility index (Phi) is 7.82. The quantitative estimate of drug-likeness (QED) is 0.304. The predicted octanol–water partition coefficient (Wildman–Crippen LogP) is 7.20. The molecule has 0 fully saturated rings. The normalized spacial score (nSPS) is 14.1. The molecular formula is C24H25ClF3NO3. The first kappa shape index (κ1) is 24.1. The van der Waals surface area contributed by atoms with Crippen LogP contribution in [0.1, 0.15) is 73.3 Å². The number of ether oxygens (including phenoxy) is 2. The number of hydrogen-bond acceptors (Lipinski definition) is 4. The van der Waals surface area contributed by atoms with Gasteiger partial charge in [-0.15, -0.1) is 0 Å². The molecule has 0 radical (unpaired) electrons. The van der Waals surface area contributed by atoms with Crippen LogP contribution in [0.2, 0.25) is 5.02 Å². The molecule has 0 spiro atoms. The summed E-state index contributed by atoms with van der Waals surface area (Å²) < 4.78 is 51.2. The standard InChI is InChI=1S/C24H25ClF3NO3/c1-3-5-13-32-21-12-9-15(24(26,27)28)14-18(21)16-7-6-8-17(16)20-11-10-19(25)22(29-20)23(30)31-4-2/h9-12,14H,3-8,13H2,1-2H3. The van der Waals surface area contributed by atoms with E-state index in [1.165, 1.54) is 6.07 Å². The number of halogens is 4. The molecule has 1 aromatic carbocycles. The summed E-state index contributed by atoms with van der Waals surface area (Å²) in [6.45, 7) is 4.30. The summed E-state index contributed by atoms with van der Waals surface area (Å²) in [6, 6.07) is 6.81. The number of allylic oxidation sites excluding steroid dienone is 2. The van der Waals surface area contributed by atoms with Crippen LogP contribution in [0, 0.1) is 0 Å². The van der Waals surface area contributed by atoms with Gasteiger partial charge in [0.1, 0.15) is 5.75 Å². The SMILES string of the molecule is CCCCOc1ccc(C(F)(F)F)cc1C1=C(c2ccc(Cl)c(C(=O)OCC)n2)CCC1. The highest BCUT2D eigenvalue weighted by atomic mass is 35.5. The number of pyridine rings is 1. The van der Waals surface area contributed by atoms with Crippen LogP contribution < -0.4 is 4.74 Å². The van der Waals surface area contributed by atoms with Crippen molar-refractivity contribution in [3.05, 3.63) is 57.9 Å². The first-order chi connectivity index (χ1) is 15.3. The minimum Gasteiger partial charge on any atom is -0.493 e. The molecule has 8 heteroatoms. The van der Waals surface area contributed by atoms with Crippen LogP contribution >= 0.6 is 11.6 Å². The van der Waals surface area contributed by atoms with Crippen molar-refractivity contribution >= 4 is 28.7 Å². The summed E-state index contributed by atoms with van der Waals surface area (Å²) in [7, 11) is 0. The van der Waals surface area contributed by atoms with Gasteiger partial charge in [-0.2, -0.15) is 13.2 Å². The van der Waals surface area contributed by atoms with Gasteiger partial charge in [0.2, 0.25) is 0 Å². The van der Waals surface area contributed by atoms with Crippen LogP contribution in [0.3, 0.4) is 0 Å². The Hall–Kier alpha value is -2.54. The zero-order valence-corrected chi connectivity index (χ0v) is 18.8. The lowest BCUT2D eigenvalue weighted by atomic mass is 9.97. The first-order valence-corrected chi connectivity index (χ1v) is 11.0. The van der Waals surface area contributed by atoms with E-state index in [9.17, 15) is 18.0 Å². The van der Waals surface area contributed by atoms with Gasteiger partial charge in [-0.3, -0.25) is 0 Å². The van der Waals surface area contributed by atoms with Crippen LogP contribution in [0.15, 0.2) is 30.3 Å². The van der Waals surface area contributed by atoms with E-state index in [-0.39, 0.29) is 17.3 Å². The maximum absolute atomic E-state index is 13.4. The van der Waals surface area contributed by atoms with E-state index in [0.29, 0.717) is 36.5 Å². The molecule has 0 atom stereocenters. The lowest BCUT2D eigenvalue weighted by Gasteiger charge is -2.17. The minimum atomic E-state index is -4.47. The van der Waals surface area contributed by atoms with Gasteiger partial charge >= 0.3 is 12.1 Å². The largest absolute Gasteiger partial charge is 0.493 e. The fourth-order valence-corrected chi connectivity index (χ4v) is 3.85. The van der Waals surface area contributed by atoms with Crippen molar-refractivity contribution in [2.24, 2.45) is 0 Å². The Morgan fingerprint density at radius 3 is 2.56 bits per heavy atom. The average Bonchev–Trinajstić information content (AvgIpc) is 3.23. The number of carbonyl (C=O) groups is 1. The van der Waals surface area contributed by atoms with Crippen molar-refractivity contribution in [1.29, 1.82) is 0 Å². The molecule has 0 amide bonds. The zero-order valence-electron chi connectivity index (χ0n) is 18.0. The predicted molar refractivity (Wildman–Crippen MR) is 118 cm³/mol. The first-order valence-electron chi connectivity index (χ1n) is 10.7. The van der Waals surface area contributed by atoms with Crippen molar-refractivity contribution in [2.45, 2.75) is 52.1 Å². The highest BCUT2D eigenvalue weighted by Gasteiger charge is 2.32. The second kappa shape index (κ2) is 10.4. The number of esters is 1. The number of nitrogens with zero attached hydrogens (tertiary/aromatic N) is 1. The molecule has 4 nitrogen and oxygen atoms in total. The van der Waals surface area contributed by atoms with Crippen molar-refractivity contribution in [2.75, 3.05) is 13.2 Å². The van der Waals surface area contributed by atoms with E-state index in [1.54, 1.807) is 19.1 Å². The van der Waals surface area contributed by atoms with Crippen LogP contribution in [0.4, 0.5) is 13.2 Å². The molecule has 1 heterocycles.